The Morgan fingerprint density at radius 3 is 2.33 bits per heavy atom. The average molecular weight is 294 g/mol. The van der Waals surface area contributed by atoms with Gasteiger partial charge in [-0.05, 0) is 37.6 Å². The number of carboxylic acids is 1. The van der Waals surface area contributed by atoms with Crippen LogP contribution < -0.4 is 15.0 Å². The van der Waals surface area contributed by atoms with E-state index in [1.165, 1.54) is 11.8 Å². The third kappa shape index (κ3) is 4.11. The van der Waals surface area contributed by atoms with Gasteiger partial charge in [0.15, 0.2) is 0 Å². The lowest BCUT2D eigenvalue weighted by atomic mass is 9.96. The molecule has 2 amide bonds. The molecule has 1 rings (SSSR count). The first-order valence-electron chi connectivity index (χ1n) is 6.77. The van der Waals surface area contributed by atoms with Gasteiger partial charge in [-0.15, -0.1) is 0 Å². The standard InChI is InChI=1S/C15H22N2O4/c1-5-10-15(2,13(18)19)16-14(20)17(3)11-6-8-12(21-4)9-7-11/h6-9H,5,10H2,1-4H3,(H,16,20)(H,18,19). The van der Waals surface area contributed by atoms with E-state index in [1.54, 1.807) is 38.4 Å². The van der Waals surface area contributed by atoms with E-state index in [0.717, 1.165) is 0 Å². The van der Waals surface area contributed by atoms with Gasteiger partial charge in [0.25, 0.3) is 0 Å². The summed E-state index contributed by atoms with van der Waals surface area (Å²) in [5.74, 6) is -0.352. The van der Waals surface area contributed by atoms with Crippen molar-refractivity contribution in [3.05, 3.63) is 24.3 Å². The van der Waals surface area contributed by atoms with E-state index in [2.05, 4.69) is 5.32 Å². The molecule has 1 aromatic carbocycles. The third-order valence-corrected chi connectivity index (χ3v) is 3.37. The Kier molecular flexibility index (Phi) is 5.58. The first kappa shape index (κ1) is 16.8. The van der Waals surface area contributed by atoms with Crippen LogP contribution in [0.25, 0.3) is 0 Å². The van der Waals surface area contributed by atoms with Crippen molar-refractivity contribution < 1.29 is 19.4 Å². The van der Waals surface area contributed by atoms with E-state index in [1.807, 2.05) is 6.92 Å². The molecule has 0 saturated heterocycles. The van der Waals surface area contributed by atoms with Gasteiger partial charge in [0.2, 0.25) is 0 Å². The number of carbonyl (C=O) groups is 2. The second-order valence-corrected chi connectivity index (χ2v) is 5.07. The van der Waals surface area contributed by atoms with Crippen LogP contribution in [0.3, 0.4) is 0 Å². The van der Waals surface area contributed by atoms with Gasteiger partial charge in [0.1, 0.15) is 11.3 Å². The van der Waals surface area contributed by atoms with E-state index >= 15 is 0 Å². The van der Waals surface area contributed by atoms with Crippen molar-refractivity contribution in [3.63, 3.8) is 0 Å². The molecule has 1 aromatic rings. The highest BCUT2D eigenvalue weighted by molar-refractivity contribution is 5.95. The molecule has 6 heteroatoms. The predicted octanol–water partition coefficient (Wildman–Crippen LogP) is 2.48. The minimum Gasteiger partial charge on any atom is -0.497 e. The fourth-order valence-electron chi connectivity index (χ4n) is 1.97. The smallest absolute Gasteiger partial charge is 0.329 e. The van der Waals surface area contributed by atoms with Crippen LogP contribution in [0.2, 0.25) is 0 Å². The van der Waals surface area contributed by atoms with Crippen molar-refractivity contribution in [2.45, 2.75) is 32.2 Å². The fraction of sp³-hybridized carbons (Fsp3) is 0.467. The molecule has 0 aliphatic carbocycles. The maximum Gasteiger partial charge on any atom is 0.329 e. The number of rotatable bonds is 6. The Morgan fingerprint density at radius 2 is 1.90 bits per heavy atom. The number of methoxy groups -OCH3 is 1. The second-order valence-electron chi connectivity index (χ2n) is 5.07. The maximum atomic E-state index is 12.2. The van der Waals surface area contributed by atoms with E-state index < -0.39 is 17.5 Å². The van der Waals surface area contributed by atoms with Crippen LogP contribution in [0.4, 0.5) is 10.5 Å². The topological polar surface area (TPSA) is 78.9 Å². The number of ether oxygens (including phenoxy) is 1. The first-order valence-corrected chi connectivity index (χ1v) is 6.77. The zero-order chi connectivity index (χ0) is 16.0. The minimum absolute atomic E-state index is 0.366. The van der Waals surface area contributed by atoms with Gasteiger partial charge in [-0.25, -0.2) is 9.59 Å². The molecule has 116 valence electrons. The third-order valence-electron chi connectivity index (χ3n) is 3.37. The summed E-state index contributed by atoms with van der Waals surface area (Å²) in [5, 5.41) is 11.9. The molecule has 0 aliphatic heterocycles. The van der Waals surface area contributed by atoms with Crippen molar-refractivity contribution in [3.8, 4) is 5.75 Å². The van der Waals surface area contributed by atoms with E-state index in [9.17, 15) is 14.7 Å². The predicted molar refractivity (Wildman–Crippen MR) is 80.9 cm³/mol. The molecule has 0 bridgehead atoms. The number of hydrogen-bond donors (Lipinski definition) is 2. The van der Waals surface area contributed by atoms with E-state index in [4.69, 9.17) is 4.74 Å². The Hall–Kier alpha value is -2.24. The summed E-state index contributed by atoms with van der Waals surface area (Å²) in [4.78, 5) is 24.9. The molecule has 21 heavy (non-hydrogen) atoms. The van der Waals surface area contributed by atoms with E-state index in [-0.39, 0.29) is 0 Å². The Morgan fingerprint density at radius 1 is 1.33 bits per heavy atom. The number of urea groups is 1. The van der Waals surface area contributed by atoms with Crippen LogP contribution in [0, 0.1) is 0 Å². The monoisotopic (exact) mass is 294 g/mol. The fourth-order valence-corrected chi connectivity index (χ4v) is 1.97. The molecule has 0 saturated carbocycles. The molecule has 6 nitrogen and oxygen atoms in total. The van der Waals surface area contributed by atoms with Crippen LogP contribution in [-0.2, 0) is 4.79 Å². The van der Waals surface area contributed by atoms with Gasteiger partial charge in [0, 0.05) is 12.7 Å². The second kappa shape index (κ2) is 6.97. The van der Waals surface area contributed by atoms with Gasteiger partial charge in [-0.1, -0.05) is 13.3 Å². The first-order chi connectivity index (χ1) is 9.84. The zero-order valence-corrected chi connectivity index (χ0v) is 12.8. The van der Waals surface area contributed by atoms with Crippen molar-refractivity contribution in [1.29, 1.82) is 0 Å². The Bertz CT molecular complexity index is 501. The number of hydrogen-bond acceptors (Lipinski definition) is 3. The van der Waals surface area contributed by atoms with Crippen LogP contribution in [-0.4, -0.2) is 36.8 Å². The number of nitrogens with one attached hydrogen (secondary N) is 1. The molecule has 0 heterocycles. The number of nitrogens with zero attached hydrogens (tertiary/aromatic N) is 1. The zero-order valence-electron chi connectivity index (χ0n) is 12.8. The number of amides is 2. The lowest BCUT2D eigenvalue weighted by molar-refractivity contribution is -0.144. The molecule has 2 N–H and O–H groups in total. The van der Waals surface area contributed by atoms with E-state index in [0.29, 0.717) is 24.3 Å². The molecular formula is C15H22N2O4. The quantitative estimate of drug-likeness (QED) is 0.845. The molecule has 1 atom stereocenters. The van der Waals surface area contributed by atoms with Gasteiger partial charge in [-0.2, -0.15) is 0 Å². The number of anilines is 1. The van der Waals surface area contributed by atoms with Crippen molar-refractivity contribution >= 4 is 17.7 Å². The van der Waals surface area contributed by atoms with Crippen LogP contribution in [0.5, 0.6) is 5.75 Å². The largest absolute Gasteiger partial charge is 0.497 e. The molecule has 0 spiro atoms. The van der Waals surface area contributed by atoms with Gasteiger partial charge < -0.3 is 15.2 Å². The summed E-state index contributed by atoms with van der Waals surface area (Å²) in [6, 6.07) is 6.48. The highest BCUT2D eigenvalue weighted by atomic mass is 16.5. The summed E-state index contributed by atoms with van der Waals surface area (Å²) >= 11 is 0. The normalized spacial score (nSPS) is 13.1. The lowest BCUT2D eigenvalue weighted by Gasteiger charge is -2.29. The summed E-state index contributed by atoms with van der Waals surface area (Å²) in [6.07, 6.45) is 1.03. The molecule has 0 aliphatic rings. The molecular weight excluding hydrogens is 272 g/mol. The number of benzene rings is 1. The number of carbonyl (C=O) groups excluding carboxylic acids is 1. The minimum atomic E-state index is -1.27. The SMILES string of the molecule is CCCC(C)(NC(=O)N(C)c1ccc(OC)cc1)C(=O)O. The number of carboxylic acid groups (broad SMARTS) is 1. The average Bonchev–Trinajstić information content (AvgIpc) is 2.46. The summed E-state index contributed by atoms with van der Waals surface area (Å²) < 4.78 is 5.06. The summed E-state index contributed by atoms with van der Waals surface area (Å²) in [7, 11) is 3.15. The summed E-state index contributed by atoms with van der Waals surface area (Å²) in [5.41, 5.74) is -0.621. The molecule has 0 radical (unpaired) electrons. The van der Waals surface area contributed by atoms with Gasteiger partial charge >= 0.3 is 12.0 Å². The van der Waals surface area contributed by atoms with Gasteiger partial charge in [0.05, 0.1) is 7.11 Å². The highest BCUT2D eigenvalue weighted by Gasteiger charge is 2.34. The van der Waals surface area contributed by atoms with Gasteiger partial charge in [-0.3, -0.25) is 4.90 Å². The van der Waals surface area contributed by atoms with Crippen LogP contribution in [0.1, 0.15) is 26.7 Å². The number of aliphatic carboxylic acids is 1. The highest BCUT2D eigenvalue weighted by Crippen LogP contribution is 2.19. The van der Waals surface area contributed by atoms with Crippen LogP contribution >= 0.6 is 0 Å². The Labute approximate surface area is 124 Å². The molecule has 0 fully saturated rings. The van der Waals surface area contributed by atoms with Crippen LogP contribution in [0.15, 0.2) is 24.3 Å². The summed E-state index contributed by atoms with van der Waals surface area (Å²) in [6.45, 7) is 3.39. The molecule has 1 unspecified atom stereocenters. The maximum absolute atomic E-state index is 12.2. The van der Waals surface area contributed by atoms with Crippen molar-refractivity contribution in [2.75, 3.05) is 19.1 Å². The van der Waals surface area contributed by atoms with Crippen molar-refractivity contribution in [2.24, 2.45) is 0 Å². The molecule has 0 aromatic heterocycles. The Balaban J connectivity index is 2.83. The lowest BCUT2D eigenvalue weighted by Crippen LogP contribution is -2.55. The van der Waals surface area contributed by atoms with Crippen molar-refractivity contribution in [1.82, 2.24) is 5.32 Å².